The van der Waals surface area contributed by atoms with Gasteiger partial charge < -0.3 is 5.11 Å². The molecule has 17 heavy (non-hydrogen) atoms. The first kappa shape index (κ1) is 13.4. The van der Waals surface area contributed by atoms with Gasteiger partial charge in [-0.25, -0.2) is 4.98 Å². The van der Waals surface area contributed by atoms with E-state index in [0.29, 0.717) is 5.25 Å². The number of thiazole rings is 1. The van der Waals surface area contributed by atoms with Crippen molar-refractivity contribution >= 4 is 23.1 Å². The molecule has 2 rings (SSSR count). The number of aliphatic hydroxyl groups excluding tert-OH is 1. The van der Waals surface area contributed by atoms with Crippen molar-refractivity contribution in [3.8, 4) is 0 Å². The highest BCUT2D eigenvalue weighted by Crippen LogP contribution is 2.31. The second-order valence-electron chi connectivity index (χ2n) is 5.70. The third kappa shape index (κ3) is 3.46. The molecule has 0 aliphatic carbocycles. The number of hydrogen-bond acceptors (Lipinski definition) is 4. The minimum Gasteiger partial charge on any atom is -0.392 e. The van der Waals surface area contributed by atoms with Gasteiger partial charge in [-0.1, -0.05) is 20.8 Å². The average Bonchev–Trinajstić information content (AvgIpc) is 2.85. The van der Waals surface area contributed by atoms with Crippen LogP contribution in [0.4, 0.5) is 0 Å². The molecule has 1 aliphatic rings. The molecule has 96 valence electrons. The second kappa shape index (κ2) is 5.29. The van der Waals surface area contributed by atoms with Gasteiger partial charge in [0.1, 0.15) is 0 Å². The molecule has 4 heteroatoms. The second-order valence-corrected chi connectivity index (χ2v) is 7.99. The molecule has 1 fully saturated rings. The summed E-state index contributed by atoms with van der Waals surface area (Å²) in [7, 11) is 0. The summed E-state index contributed by atoms with van der Waals surface area (Å²) in [5.74, 6) is 1.20. The Balaban J connectivity index is 1.96. The highest BCUT2D eigenvalue weighted by Gasteiger charge is 2.25. The van der Waals surface area contributed by atoms with Gasteiger partial charge in [-0.3, -0.25) is 0 Å². The molecule has 0 aromatic carbocycles. The highest BCUT2D eigenvalue weighted by atomic mass is 32.2. The predicted molar refractivity (Wildman–Crippen MR) is 76.0 cm³/mol. The third-order valence-corrected chi connectivity index (χ3v) is 5.47. The Bertz CT molecular complexity index is 364. The van der Waals surface area contributed by atoms with Crippen molar-refractivity contribution in [2.45, 2.75) is 56.8 Å². The molecule has 1 aliphatic heterocycles. The molecular weight excluding hydrogens is 250 g/mol. The van der Waals surface area contributed by atoms with E-state index in [1.807, 2.05) is 11.8 Å². The van der Waals surface area contributed by atoms with Gasteiger partial charge in [0, 0.05) is 22.5 Å². The van der Waals surface area contributed by atoms with Crippen LogP contribution in [0.3, 0.4) is 0 Å². The zero-order valence-corrected chi connectivity index (χ0v) is 12.4. The molecule has 0 saturated carbocycles. The average molecular weight is 271 g/mol. The van der Waals surface area contributed by atoms with Gasteiger partial charge in [-0.15, -0.1) is 11.3 Å². The van der Waals surface area contributed by atoms with Gasteiger partial charge in [0.05, 0.1) is 16.8 Å². The molecule has 1 saturated heterocycles. The summed E-state index contributed by atoms with van der Waals surface area (Å²) < 4.78 is 0. The van der Waals surface area contributed by atoms with Crippen LogP contribution in [0.2, 0.25) is 0 Å². The van der Waals surface area contributed by atoms with Gasteiger partial charge in [0.25, 0.3) is 0 Å². The summed E-state index contributed by atoms with van der Waals surface area (Å²) in [4.78, 5) is 4.64. The summed E-state index contributed by atoms with van der Waals surface area (Å²) in [6.45, 7) is 6.53. The van der Waals surface area contributed by atoms with E-state index in [-0.39, 0.29) is 11.5 Å². The van der Waals surface area contributed by atoms with Gasteiger partial charge in [-0.2, -0.15) is 11.8 Å². The maximum absolute atomic E-state index is 10.2. The van der Waals surface area contributed by atoms with E-state index in [1.54, 1.807) is 11.3 Å². The van der Waals surface area contributed by atoms with Crippen molar-refractivity contribution < 1.29 is 5.11 Å². The third-order valence-electron chi connectivity index (χ3n) is 3.10. The Morgan fingerprint density at radius 3 is 2.82 bits per heavy atom. The summed E-state index contributed by atoms with van der Waals surface area (Å²) in [5.41, 5.74) is 1.26. The van der Waals surface area contributed by atoms with Crippen LogP contribution in [-0.4, -0.2) is 27.2 Å². The van der Waals surface area contributed by atoms with Gasteiger partial charge in [0.2, 0.25) is 0 Å². The molecule has 2 unspecified atom stereocenters. The first-order valence-electron chi connectivity index (χ1n) is 6.21. The monoisotopic (exact) mass is 271 g/mol. The van der Waals surface area contributed by atoms with Crippen LogP contribution in [-0.2, 0) is 11.8 Å². The Kier molecular flexibility index (Phi) is 4.16. The number of thioether (sulfide) groups is 1. The SMILES string of the molecule is CC(C)(C)c1csc(CC(O)C2CCCS2)n1. The van der Waals surface area contributed by atoms with Crippen LogP contribution >= 0.6 is 23.1 Å². The lowest BCUT2D eigenvalue weighted by Crippen LogP contribution is -2.23. The maximum Gasteiger partial charge on any atom is 0.0954 e. The smallest absolute Gasteiger partial charge is 0.0954 e. The molecule has 2 atom stereocenters. The number of hydrogen-bond donors (Lipinski definition) is 1. The molecule has 0 spiro atoms. The lowest BCUT2D eigenvalue weighted by atomic mass is 9.93. The van der Waals surface area contributed by atoms with Crippen LogP contribution in [0.1, 0.15) is 44.3 Å². The van der Waals surface area contributed by atoms with E-state index in [4.69, 9.17) is 0 Å². The van der Waals surface area contributed by atoms with Crippen molar-refractivity contribution in [1.82, 2.24) is 4.98 Å². The Morgan fingerprint density at radius 2 is 2.29 bits per heavy atom. The van der Waals surface area contributed by atoms with E-state index in [9.17, 15) is 5.11 Å². The van der Waals surface area contributed by atoms with Gasteiger partial charge in [-0.05, 0) is 18.6 Å². The number of nitrogens with zero attached hydrogens (tertiary/aromatic N) is 1. The largest absolute Gasteiger partial charge is 0.392 e. The molecule has 0 radical (unpaired) electrons. The Morgan fingerprint density at radius 1 is 1.53 bits per heavy atom. The van der Waals surface area contributed by atoms with Crippen molar-refractivity contribution in [2.24, 2.45) is 0 Å². The normalized spacial score (nSPS) is 22.9. The predicted octanol–water partition coefficient (Wildman–Crippen LogP) is 3.24. The van der Waals surface area contributed by atoms with Crippen molar-refractivity contribution in [2.75, 3.05) is 5.75 Å². The fourth-order valence-corrected chi connectivity index (χ4v) is 4.33. The maximum atomic E-state index is 10.2. The molecule has 1 N–H and O–H groups in total. The number of rotatable bonds is 3. The fraction of sp³-hybridized carbons (Fsp3) is 0.769. The zero-order valence-electron chi connectivity index (χ0n) is 10.8. The minimum absolute atomic E-state index is 0.113. The highest BCUT2D eigenvalue weighted by molar-refractivity contribution is 8.00. The van der Waals surface area contributed by atoms with E-state index >= 15 is 0 Å². The first-order chi connectivity index (χ1) is 7.97. The van der Waals surface area contributed by atoms with E-state index in [2.05, 4.69) is 31.1 Å². The molecular formula is C13H21NOS2. The first-order valence-corrected chi connectivity index (χ1v) is 8.14. The molecule has 1 aromatic rings. The Labute approximate surface area is 112 Å². The lowest BCUT2D eigenvalue weighted by molar-refractivity contribution is 0.170. The standard InChI is InChI=1S/C13H21NOS2/c1-13(2,3)11-8-17-12(14-11)7-9(15)10-5-4-6-16-10/h8-10,15H,4-7H2,1-3H3. The molecule has 2 nitrogen and oxygen atoms in total. The quantitative estimate of drug-likeness (QED) is 0.916. The summed E-state index contributed by atoms with van der Waals surface area (Å²) in [6.07, 6.45) is 2.90. The molecule has 2 heterocycles. The summed E-state index contributed by atoms with van der Waals surface area (Å²) in [5, 5.41) is 13.8. The zero-order chi connectivity index (χ0) is 12.5. The van der Waals surface area contributed by atoms with E-state index in [1.165, 1.54) is 12.2 Å². The summed E-state index contributed by atoms with van der Waals surface area (Å²) in [6, 6.07) is 0. The van der Waals surface area contributed by atoms with Crippen molar-refractivity contribution in [1.29, 1.82) is 0 Å². The topological polar surface area (TPSA) is 33.1 Å². The Hall–Kier alpha value is -0.0600. The minimum atomic E-state index is -0.221. The van der Waals surface area contributed by atoms with Crippen LogP contribution in [0.5, 0.6) is 0 Å². The van der Waals surface area contributed by atoms with Gasteiger partial charge >= 0.3 is 0 Å². The van der Waals surface area contributed by atoms with Crippen molar-refractivity contribution in [3.05, 3.63) is 16.1 Å². The van der Waals surface area contributed by atoms with E-state index in [0.717, 1.165) is 23.5 Å². The fourth-order valence-electron chi connectivity index (χ4n) is 1.97. The summed E-state index contributed by atoms with van der Waals surface area (Å²) >= 11 is 3.59. The van der Waals surface area contributed by atoms with Crippen molar-refractivity contribution in [3.63, 3.8) is 0 Å². The molecule has 0 amide bonds. The lowest BCUT2D eigenvalue weighted by Gasteiger charge is -2.16. The van der Waals surface area contributed by atoms with Crippen LogP contribution < -0.4 is 0 Å². The van der Waals surface area contributed by atoms with Gasteiger partial charge in [0.15, 0.2) is 0 Å². The van der Waals surface area contributed by atoms with Crippen LogP contribution in [0.25, 0.3) is 0 Å². The number of aliphatic hydroxyl groups is 1. The van der Waals surface area contributed by atoms with Crippen LogP contribution in [0, 0.1) is 0 Å². The van der Waals surface area contributed by atoms with Crippen LogP contribution in [0.15, 0.2) is 5.38 Å². The molecule has 1 aromatic heterocycles. The van der Waals surface area contributed by atoms with E-state index < -0.39 is 0 Å². The molecule has 0 bridgehead atoms. The number of aromatic nitrogens is 1.